The number of aliphatic hydroxyl groups is 1. The third kappa shape index (κ3) is 4.53. The minimum atomic E-state index is -0.280. The number of nitrogens with zero attached hydrogens (tertiary/aromatic N) is 1. The highest BCUT2D eigenvalue weighted by molar-refractivity contribution is 5.76. The maximum atomic E-state index is 12.9. The first-order valence-electron chi connectivity index (χ1n) is 5.80. The van der Waals surface area contributed by atoms with Crippen molar-refractivity contribution in [2.45, 2.75) is 19.8 Å². The summed E-state index contributed by atoms with van der Waals surface area (Å²) < 4.78 is 12.9. The first-order valence-corrected chi connectivity index (χ1v) is 5.80. The van der Waals surface area contributed by atoms with Crippen LogP contribution in [0.15, 0.2) is 24.3 Å². The van der Waals surface area contributed by atoms with Crippen molar-refractivity contribution in [1.29, 1.82) is 0 Å². The van der Waals surface area contributed by atoms with E-state index in [-0.39, 0.29) is 18.3 Å². The van der Waals surface area contributed by atoms with E-state index in [9.17, 15) is 9.18 Å². The van der Waals surface area contributed by atoms with Crippen molar-refractivity contribution in [3.63, 3.8) is 0 Å². The molecule has 1 aromatic rings. The zero-order valence-corrected chi connectivity index (χ0v) is 10.0. The highest BCUT2D eigenvalue weighted by Crippen LogP contribution is 2.07. The fourth-order valence-electron chi connectivity index (χ4n) is 1.68. The van der Waals surface area contributed by atoms with Crippen molar-refractivity contribution < 1.29 is 14.3 Å². The van der Waals surface area contributed by atoms with Crippen molar-refractivity contribution >= 4 is 5.91 Å². The van der Waals surface area contributed by atoms with Crippen molar-refractivity contribution in [2.75, 3.05) is 19.7 Å². The Morgan fingerprint density at radius 1 is 1.47 bits per heavy atom. The van der Waals surface area contributed by atoms with E-state index in [4.69, 9.17) is 5.11 Å². The Morgan fingerprint density at radius 3 is 2.82 bits per heavy atom. The van der Waals surface area contributed by atoms with E-state index in [0.717, 1.165) is 5.56 Å². The molecule has 1 N–H and O–H groups in total. The van der Waals surface area contributed by atoms with Crippen LogP contribution < -0.4 is 0 Å². The Balaban J connectivity index is 2.47. The number of rotatable bonds is 6. The number of aliphatic hydroxyl groups excluding tert-OH is 1. The van der Waals surface area contributed by atoms with Gasteiger partial charge < -0.3 is 10.0 Å². The number of carbonyl (C=O) groups is 1. The average Bonchev–Trinajstić information content (AvgIpc) is 2.33. The minimum Gasteiger partial charge on any atom is -0.395 e. The van der Waals surface area contributed by atoms with Crippen LogP contribution in [0.1, 0.15) is 18.9 Å². The molecule has 0 atom stereocenters. The molecule has 0 saturated heterocycles. The van der Waals surface area contributed by atoms with E-state index in [1.807, 2.05) is 6.92 Å². The summed E-state index contributed by atoms with van der Waals surface area (Å²) >= 11 is 0. The molecule has 0 bridgehead atoms. The van der Waals surface area contributed by atoms with Crippen LogP contribution in [0.5, 0.6) is 0 Å². The lowest BCUT2D eigenvalue weighted by molar-refractivity contribution is -0.131. The van der Waals surface area contributed by atoms with Gasteiger partial charge in [-0.15, -0.1) is 0 Å². The van der Waals surface area contributed by atoms with Crippen LogP contribution in [-0.2, 0) is 11.2 Å². The number of likely N-dealkylation sites (N-methyl/N-ethyl adjacent to an activating group) is 1. The fraction of sp³-hybridized carbons (Fsp3) is 0.462. The van der Waals surface area contributed by atoms with Crippen LogP contribution in [0, 0.1) is 5.82 Å². The molecule has 0 fully saturated rings. The molecule has 1 rings (SSSR count). The molecule has 0 aromatic heterocycles. The van der Waals surface area contributed by atoms with Crippen molar-refractivity contribution in [2.24, 2.45) is 0 Å². The molecule has 0 unspecified atom stereocenters. The maximum Gasteiger partial charge on any atom is 0.222 e. The zero-order valence-electron chi connectivity index (χ0n) is 10.0. The highest BCUT2D eigenvalue weighted by Gasteiger charge is 2.10. The molecular weight excluding hydrogens is 221 g/mol. The summed E-state index contributed by atoms with van der Waals surface area (Å²) in [5.74, 6) is -0.288. The van der Waals surface area contributed by atoms with Gasteiger partial charge in [0.25, 0.3) is 0 Å². The topological polar surface area (TPSA) is 40.5 Å². The molecule has 0 heterocycles. The zero-order chi connectivity index (χ0) is 12.7. The summed E-state index contributed by atoms with van der Waals surface area (Å²) in [6.07, 6.45) is 0.871. The molecular formula is C13H18FNO2. The van der Waals surface area contributed by atoms with Crippen molar-refractivity contribution in [1.82, 2.24) is 4.90 Å². The lowest BCUT2D eigenvalue weighted by Crippen LogP contribution is -2.33. The van der Waals surface area contributed by atoms with Crippen LogP contribution in [0.3, 0.4) is 0 Å². The first-order chi connectivity index (χ1) is 8.17. The van der Waals surface area contributed by atoms with Gasteiger partial charge in [0.15, 0.2) is 0 Å². The number of hydrogen-bond donors (Lipinski definition) is 1. The lowest BCUT2D eigenvalue weighted by Gasteiger charge is -2.19. The second-order valence-electron chi connectivity index (χ2n) is 3.83. The predicted molar refractivity (Wildman–Crippen MR) is 64.1 cm³/mol. The molecule has 1 aromatic carbocycles. The number of benzene rings is 1. The van der Waals surface area contributed by atoms with Gasteiger partial charge in [-0.3, -0.25) is 4.79 Å². The normalized spacial score (nSPS) is 10.3. The molecule has 0 aliphatic carbocycles. The average molecular weight is 239 g/mol. The summed E-state index contributed by atoms with van der Waals surface area (Å²) in [6, 6.07) is 6.27. The molecule has 0 spiro atoms. The quantitative estimate of drug-likeness (QED) is 0.819. The number of hydrogen-bond acceptors (Lipinski definition) is 2. The molecule has 3 nitrogen and oxygen atoms in total. The van der Waals surface area contributed by atoms with Crippen LogP contribution >= 0.6 is 0 Å². The molecule has 94 valence electrons. The molecule has 0 aliphatic heterocycles. The molecule has 0 radical (unpaired) electrons. The van der Waals surface area contributed by atoms with E-state index in [1.54, 1.807) is 17.0 Å². The van der Waals surface area contributed by atoms with Gasteiger partial charge in [-0.05, 0) is 31.0 Å². The number of halogens is 1. The summed E-state index contributed by atoms with van der Waals surface area (Å²) in [5, 5.41) is 8.79. The SMILES string of the molecule is CCN(CCO)C(=O)CCc1cccc(F)c1. The number of aryl methyl sites for hydroxylation is 1. The number of amides is 1. The monoisotopic (exact) mass is 239 g/mol. The second-order valence-corrected chi connectivity index (χ2v) is 3.83. The van der Waals surface area contributed by atoms with Gasteiger partial charge in [0.2, 0.25) is 5.91 Å². The van der Waals surface area contributed by atoms with Gasteiger partial charge in [0.05, 0.1) is 6.61 Å². The van der Waals surface area contributed by atoms with E-state index in [2.05, 4.69) is 0 Å². The molecule has 4 heteroatoms. The van der Waals surface area contributed by atoms with Crippen molar-refractivity contribution in [3.8, 4) is 0 Å². The van der Waals surface area contributed by atoms with E-state index < -0.39 is 0 Å². The third-order valence-electron chi connectivity index (χ3n) is 2.62. The van der Waals surface area contributed by atoms with Crippen molar-refractivity contribution in [3.05, 3.63) is 35.6 Å². The predicted octanol–water partition coefficient (Wildman–Crippen LogP) is 1.60. The summed E-state index contributed by atoms with van der Waals surface area (Å²) in [4.78, 5) is 13.3. The minimum absolute atomic E-state index is 0.00851. The first kappa shape index (κ1) is 13.6. The van der Waals surface area contributed by atoms with Gasteiger partial charge in [-0.2, -0.15) is 0 Å². The Hall–Kier alpha value is -1.42. The smallest absolute Gasteiger partial charge is 0.222 e. The Kier molecular flexibility index (Phi) is 5.63. The van der Waals surface area contributed by atoms with Crippen LogP contribution in [-0.4, -0.2) is 35.6 Å². The third-order valence-corrected chi connectivity index (χ3v) is 2.62. The molecule has 0 saturated carbocycles. The van der Waals surface area contributed by atoms with Crippen LogP contribution in [0.2, 0.25) is 0 Å². The molecule has 1 amide bonds. The lowest BCUT2D eigenvalue weighted by atomic mass is 10.1. The fourth-order valence-corrected chi connectivity index (χ4v) is 1.68. The summed E-state index contributed by atoms with van der Waals surface area (Å²) in [5.41, 5.74) is 0.818. The Labute approximate surface area is 101 Å². The van der Waals surface area contributed by atoms with E-state index >= 15 is 0 Å². The highest BCUT2D eigenvalue weighted by atomic mass is 19.1. The van der Waals surface area contributed by atoms with Gasteiger partial charge in [0.1, 0.15) is 5.82 Å². The number of carbonyl (C=O) groups excluding carboxylic acids is 1. The maximum absolute atomic E-state index is 12.9. The van der Waals surface area contributed by atoms with Gasteiger partial charge in [0, 0.05) is 19.5 Å². The summed E-state index contributed by atoms with van der Waals surface area (Å²) in [7, 11) is 0. The Morgan fingerprint density at radius 2 is 2.24 bits per heavy atom. The largest absolute Gasteiger partial charge is 0.395 e. The van der Waals surface area contributed by atoms with Gasteiger partial charge in [-0.25, -0.2) is 4.39 Å². The van der Waals surface area contributed by atoms with Gasteiger partial charge >= 0.3 is 0 Å². The standard InChI is InChI=1S/C13H18FNO2/c1-2-15(8-9-16)13(17)7-6-11-4-3-5-12(14)10-11/h3-5,10,16H,2,6-9H2,1H3. The van der Waals surface area contributed by atoms with Crippen LogP contribution in [0.25, 0.3) is 0 Å². The van der Waals surface area contributed by atoms with Crippen LogP contribution in [0.4, 0.5) is 4.39 Å². The van der Waals surface area contributed by atoms with Gasteiger partial charge in [-0.1, -0.05) is 12.1 Å². The molecule has 0 aliphatic rings. The van der Waals surface area contributed by atoms with E-state index in [1.165, 1.54) is 12.1 Å². The second kappa shape index (κ2) is 7.01. The van der Waals surface area contributed by atoms with E-state index in [0.29, 0.717) is 25.9 Å². The molecule has 17 heavy (non-hydrogen) atoms. The summed E-state index contributed by atoms with van der Waals surface area (Å²) in [6.45, 7) is 2.79. The Bertz CT molecular complexity index is 368.